The lowest BCUT2D eigenvalue weighted by molar-refractivity contribution is 0.414. The van der Waals surface area contributed by atoms with Crippen LogP contribution in [0.2, 0.25) is 0 Å². The number of nitrogens with zero attached hydrogens (tertiary/aromatic N) is 4. The van der Waals surface area contributed by atoms with Gasteiger partial charge < -0.3 is 9.30 Å². The summed E-state index contributed by atoms with van der Waals surface area (Å²) in [4.78, 5) is 31.0. The summed E-state index contributed by atoms with van der Waals surface area (Å²) in [7, 11) is 1.56. The van der Waals surface area contributed by atoms with Crippen LogP contribution in [0.5, 0.6) is 5.75 Å². The van der Waals surface area contributed by atoms with Crippen molar-refractivity contribution in [1.29, 1.82) is 0 Å². The topological polar surface area (TPSA) is 71.1 Å². The van der Waals surface area contributed by atoms with Gasteiger partial charge in [-0.25, -0.2) is 14.3 Å². The van der Waals surface area contributed by atoms with Gasteiger partial charge in [-0.1, -0.05) is 42.5 Å². The largest absolute Gasteiger partial charge is 0.497 e. The number of hydrogen-bond donors (Lipinski definition) is 0. The van der Waals surface area contributed by atoms with Gasteiger partial charge in [0.2, 0.25) is 0 Å². The molecule has 4 aromatic rings. The number of ether oxygens (including phenoxy) is 1. The van der Waals surface area contributed by atoms with Gasteiger partial charge in [0.15, 0.2) is 11.2 Å². The van der Waals surface area contributed by atoms with Crippen LogP contribution in [-0.2, 0) is 6.54 Å². The van der Waals surface area contributed by atoms with Gasteiger partial charge in [-0.15, -0.1) is 6.58 Å². The van der Waals surface area contributed by atoms with E-state index >= 15 is 0 Å². The third kappa shape index (κ3) is 3.14. The maximum absolute atomic E-state index is 13.3. The monoisotopic (exact) mass is 402 g/mol. The van der Waals surface area contributed by atoms with Crippen molar-refractivity contribution in [3.05, 3.63) is 100.0 Å². The third-order valence-electron chi connectivity index (χ3n) is 5.18. The molecule has 0 amide bonds. The lowest BCUT2D eigenvalue weighted by Gasteiger charge is -2.16. The second kappa shape index (κ2) is 7.87. The smallest absolute Gasteiger partial charge is 0.337 e. The molecule has 0 unspecified atom stereocenters. The van der Waals surface area contributed by atoms with Crippen LogP contribution in [0.4, 0.5) is 0 Å². The number of aromatic nitrogens is 4. The quantitative estimate of drug-likeness (QED) is 0.465. The number of rotatable bonds is 6. The zero-order valence-corrected chi connectivity index (χ0v) is 16.9. The minimum Gasteiger partial charge on any atom is -0.497 e. The first-order valence-electron chi connectivity index (χ1n) is 9.59. The average Bonchev–Trinajstić information content (AvgIpc) is 3.22. The lowest BCUT2D eigenvalue weighted by atomic mass is 10.1. The molecule has 7 heteroatoms. The van der Waals surface area contributed by atoms with E-state index in [1.807, 2.05) is 41.8 Å². The summed E-state index contributed by atoms with van der Waals surface area (Å²) in [5.41, 5.74) is 1.40. The Morgan fingerprint density at radius 3 is 2.60 bits per heavy atom. The molecule has 0 N–H and O–H groups in total. The molecular formula is C23H22N4O3. The third-order valence-corrected chi connectivity index (χ3v) is 5.18. The summed E-state index contributed by atoms with van der Waals surface area (Å²) >= 11 is 0. The van der Waals surface area contributed by atoms with Crippen LogP contribution in [0.3, 0.4) is 0 Å². The fourth-order valence-electron chi connectivity index (χ4n) is 3.61. The summed E-state index contributed by atoms with van der Waals surface area (Å²) in [6, 6.07) is 16.8. The van der Waals surface area contributed by atoms with Crippen LogP contribution >= 0.6 is 0 Å². The van der Waals surface area contributed by atoms with Crippen LogP contribution in [0.25, 0.3) is 16.9 Å². The Hall–Kier alpha value is -3.87. The van der Waals surface area contributed by atoms with E-state index in [0.717, 1.165) is 5.56 Å². The maximum atomic E-state index is 13.3. The molecule has 2 heterocycles. The predicted molar refractivity (Wildman–Crippen MR) is 117 cm³/mol. The minimum atomic E-state index is -0.474. The van der Waals surface area contributed by atoms with Gasteiger partial charge in [-0.2, -0.15) is 0 Å². The second-order valence-electron chi connectivity index (χ2n) is 6.93. The molecule has 0 saturated heterocycles. The minimum absolute atomic E-state index is 0.0997. The van der Waals surface area contributed by atoms with E-state index in [-0.39, 0.29) is 12.6 Å². The zero-order valence-electron chi connectivity index (χ0n) is 16.9. The number of benzene rings is 2. The molecule has 152 valence electrons. The van der Waals surface area contributed by atoms with Crippen molar-refractivity contribution in [2.24, 2.45) is 0 Å². The Balaban J connectivity index is 2.05. The molecular weight excluding hydrogens is 380 g/mol. The molecule has 0 aliphatic heterocycles. The fourth-order valence-corrected chi connectivity index (χ4v) is 3.61. The highest BCUT2D eigenvalue weighted by atomic mass is 16.5. The Morgan fingerprint density at radius 1 is 1.13 bits per heavy atom. The van der Waals surface area contributed by atoms with E-state index in [1.54, 1.807) is 37.7 Å². The maximum Gasteiger partial charge on any atom is 0.337 e. The van der Waals surface area contributed by atoms with Gasteiger partial charge >= 0.3 is 5.69 Å². The van der Waals surface area contributed by atoms with Crippen LogP contribution < -0.4 is 16.0 Å². The standard InChI is InChI=1S/C23H22N4O3/c1-4-13-25-22(28)20-21(24-15-26(20)16(2)17-9-6-5-7-10-17)27(23(25)29)18-11-8-12-19(14-18)30-3/h4-12,14-16H,1,13H2,2-3H3/t16-/m0/s1. The average molecular weight is 402 g/mol. The summed E-state index contributed by atoms with van der Waals surface area (Å²) in [5, 5.41) is 0. The van der Waals surface area contributed by atoms with Gasteiger partial charge in [0.1, 0.15) is 5.75 Å². The molecule has 0 spiro atoms. The van der Waals surface area contributed by atoms with Crippen LogP contribution in [0.1, 0.15) is 18.5 Å². The highest BCUT2D eigenvalue weighted by molar-refractivity contribution is 5.73. The first-order chi connectivity index (χ1) is 14.6. The molecule has 0 radical (unpaired) electrons. The Kier molecular flexibility index (Phi) is 5.10. The number of methoxy groups -OCH3 is 1. The molecule has 0 aliphatic carbocycles. The van der Waals surface area contributed by atoms with Crippen LogP contribution in [-0.4, -0.2) is 25.8 Å². The number of hydrogen-bond acceptors (Lipinski definition) is 4. The molecule has 7 nitrogen and oxygen atoms in total. The van der Waals surface area contributed by atoms with Crippen molar-refractivity contribution in [1.82, 2.24) is 18.7 Å². The number of allylic oxidation sites excluding steroid dienone is 1. The van der Waals surface area contributed by atoms with E-state index in [2.05, 4.69) is 11.6 Å². The van der Waals surface area contributed by atoms with Crippen LogP contribution in [0.15, 0.2) is 83.2 Å². The molecule has 0 aliphatic rings. The van der Waals surface area contributed by atoms with Crippen molar-refractivity contribution in [2.45, 2.75) is 19.5 Å². The first-order valence-corrected chi connectivity index (χ1v) is 9.59. The van der Waals surface area contributed by atoms with Gasteiger partial charge in [-0.3, -0.25) is 9.36 Å². The number of imidazole rings is 1. The van der Waals surface area contributed by atoms with Crippen molar-refractivity contribution in [3.8, 4) is 11.4 Å². The van der Waals surface area contributed by atoms with Gasteiger partial charge in [0.05, 0.1) is 25.2 Å². The summed E-state index contributed by atoms with van der Waals surface area (Å²) in [6.07, 6.45) is 3.14. The number of fused-ring (bicyclic) bond motifs is 1. The molecule has 1 atom stereocenters. The van der Waals surface area contributed by atoms with Crippen molar-refractivity contribution in [2.75, 3.05) is 7.11 Å². The van der Waals surface area contributed by atoms with Gasteiger partial charge in [-0.05, 0) is 24.6 Å². The normalized spacial score (nSPS) is 12.1. The Morgan fingerprint density at radius 2 is 1.90 bits per heavy atom. The molecule has 30 heavy (non-hydrogen) atoms. The van der Waals surface area contributed by atoms with Crippen molar-refractivity contribution in [3.63, 3.8) is 0 Å². The predicted octanol–water partition coefficient (Wildman–Crippen LogP) is 3.15. The SMILES string of the molecule is C=CCn1c(=O)c2c(ncn2[C@@H](C)c2ccccc2)n(-c2cccc(OC)c2)c1=O. The second-order valence-corrected chi connectivity index (χ2v) is 6.93. The lowest BCUT2D eigenvalue weighted by Crippen LogP contribution is -2.40. The van der Waals surface area contributed by atoms with Gasteiger partial charge in [0, 0.05) is 12.6 Å². The Bertz CT molecular complexity index is 1330. The fraction of sp³-hybridized carbons (Fsp3) is 0.174. The van der Waals surface area contributed by atoms with E-state index in [0.29, 0.717) is 22.6 Å². The van der Waals surface area contributed by atoms with Crippen molar-refractivity contribution >= 4 is 11.2 Å². The molecule has 0 saturated carbocycles. The summed E-state index contributed by atoms with van der Waals surface area (Å²) < 4.78 is 9.73. The first kappa shape index (κ1) is 19.4. The Labute approximate surface area is 173 Å². The van der Waals surface area contributed by atoms with E-state index in [1.165, 1.54) is 15.2 Å². The summed E-state index contributed by atoms with van der Waals surface area (Å²) in [5.74, 6) is 0.603. The highest BCUT2D eigenvalue weighted by Gasteiger charge is 2.21. The molecule has 0 fully saturated rings. The summed E-state index contributed by atoms with van der Waals surface area (Å²) in [6.45, 7) is 5.78. The van der Waals surface area contributed by atoms with E-state index < -0.39 is 11.2 Å². The van der Waals surface area contributed by atoms with E-state index in [4.69, 9.17) is 4.74 Å². The van der Waals surface area contributed by atoms with Crippen molar-refractivity contribution < 1.29 is 4.74 Å². The zero-order chi connectivity index (χ0) is 21.3. The molecule has 0 bridgehead atoms. The van der Waals surface area contributed by atoms with Crippen LogP contribution in [0, 0.1) is 0 Å². The highest BCUT2D eigenvalue weighted by Crippen LogP contribution is 2.23. The molecule has 2 aromatic carbocycles. The van der Waals surface area contributed by atoms with Gasteiger partial charge in [0.25, 0.3) is 5.56 Å². The van der Waals surface area contributed by atoms with E-state index in [9.17, 15) is 9.59 Å². The molecule has 4 rings (SSSR count). The molecule has 2 aromatic heterocycles.